The maximum atomic E-state index is 11.0. The molecule has 0 radical (unpaired) electrons. The van der Waals surface area contributed by atoms with Gasteiger partial charge in [0.05, 0.1) is 13.2 Å². The van der Waals surface area contributed by atoms with E-state index in [-0.39, 0.29) is 19.5 Å². The van der Waals surface area contributed by atoms with Crippen LogP contribution in [0.15, 0.2) is 24.3 Å². The van der Waals surface area contributed by atoms with E-state index in [1.165, 1.54) is 103 Å². The minimum absolute atomic E-state index is 0. The first-order valence-electron chi connectivity index (χ1n) is 15.5. The Kier molecular flexibility index (Phi) is 38.2. The Balaban J connectivity index is -0.000000688. The summed E-state index contributed by atoms with van der Waals surface area (Å²) in [4.78, 5) is 42.4. The van der Waals surface area contributed by atoms with Crippen LogP contribution in [0.25, 0.3) is 0 Å². The van der Waals surface area contributed by atoms with Crippen molar-refractivity contribution in [2.75, 3.05) is 13.2 Å². The van der Waals surface area contributed by atoms with Crippen molar-refractivity contribution in [1.29, 1.82) is 0 Å². The molecule has 0 aromatic rings. The second kappa shape index (κ2) is 36.0. The molecule has 0 heterocycles. The number of rotatable bonds is 26. The molecule has 234 valence electrons. The SMILES string of the molecule is CCCCCCCCCCCCOC(=O)/C=C/C(=O)O.CCCCCCCCCCCCOC(=O)/C=C/C(=O)O.[Zn]. The fraction of sp³-hybridized carbons (Fsp3) is 0.750. The molecule has 0 aromatic carbocycles. The Morgan fingerprint density at radius 2 is 0.683 bits per heavy atom. The first-order chi connectivity index (χ1) is 19.3. The van der Waals surface area contributed by atoms with Crippen molar-refractivity contribution in [2.24, 2.45) is 0 Å². The third kappa shape index (κ3) is 42.6. The number of ether oxygens (including phenoxy) is 2. The molecule has 0 spiro atoms. The predicted molar refractivity (Wildman–Crippen MR) is 159 cm³/mol. The number of carboxylic acid groups (broad SMARTS) is 2. The summed E-state index contributed by atoms with van der Waals surface area (Å²) >= 11 is 0. The first kappa shape index (κ1) is 43.4. The molecule has 0 bridgehead atoms. The molecule has 0 atom stereocenters. The Morgan fingerprint density at radius 1 is 0.439 bits per heavy atom. The van der Waals surface area contributed by atoms with Crippen LogP contribution in [0.1, 0.15) is 142 Å². The summed E-state index contributed by atoms with van der Waals surface area (Å²) in [5.41, 5.74) is 0. The van der Waals surface area contributed by atoms with E-state index in [0.29, 0.717) is 13.2 Å². The fourth-order valence-corrected chi connectivity index (χ4v) is 3.90. The summed E-state index contributed by atoms with van der Waals surface area (Å²) in [6, 6.07) is 0. The molecule has 0 saturated carbocycles. The Hall–Kier alpha value is -2.02. The zero-order chi connectivity index (χ0) is 30.1. The third-order valence-corrected chi connectivity index (χ3v) is 6.21. The van der Waals surface area contributed by atoms with Crippen LogP contribution in [0.2, 0.25) is 0 Å². The average molecular weight is 634 g/mol. The molecule has 0 aliphatic carbocycles. The van der Waals surface area contributed by atoms with Gasteiger partial charge in [0.25, 0.3) is 0 Å². The van der Waals surface area contributed by atoms with Crippen molar-refractivity contribution in [3.63, 3.8) is 0 Å². The number of carboxylic acids is 2. The fourth-order valence-electron chi connectivity index (χ4n) is 3.90. The molecule has 9 heteroatoms. The Morgan fingerprint density at radius 3 is 0.927 bits per heavy atom. The topological polar surface area (TPSA) is 127 Å². The van der Waals surface area contributed by atoms with Gasteiger partial charge in [-0.15, -0.1) is 0 Å². The molecule has 0 fully saturated rings. The summed E-state index contributed by atoms with van der Waals surface area (Å²) in [5, 5.41) is 16.7. The van der Waals surface area contributed by atoms with E-state index in [0.717, 1.165) is 50.0 Å². The van der Waals surface area contributed by atoms with E-state index in [1.54, 1.807) is 0 Å². The monoisotopic (exact) mass is 632 g/mol. The van der Waals surface area contributed by atoms with E-state index in [2.05, 4.69) is 13.8 Å². The van der Waals surface area contributed by atoms with Gasteiger partial charge in [-0.2, -0.15) is 0 Å². The summed E-state index contributed by atoms with van der Waals surface area (Å²) in [7, 11) is 0. The van der Waals surface area contributed by atoms with Crippen LogP contribution < -0.4 is 0 Å². The van der Waals surface area contributed by atoms with Crippen LogP contribution in [-0.4, -0.2) is 47.3 Å². The van der Waals surface area contributed by atoms with E-state index in [1.807, 2.05) is 0 Å². The zero-order valence-corrected chi connectivity index (χ0v) is 28.9. The van der Waals surface area contributed by atoms with Gasteiger partial charge in [-0.1, -0.05) is 129 Å². The molecule has 41 heavy (non-hydrogen) atoms. The average Bonchev–Trinajstić information content (AvgIpc) is 2.92. The maximum Gasteiger partial charge on any atom is 0.331 e. The van der Waals surface area contributed by atoms with Crippen LogP contribution in [0.4, 0.5) is 0 Å². The van der Waals surface area contributed by atoms with Gasteiger partial charge in [0.15, 0.2) is 0 Å². The largest absolute Gasteiger partial charge is 0.478 e. The Bertz CT molecular complexity index is 633. The number of esters is 2. The van der Waals surface area contributed by atoms with Crippen LogP contribution >= 0.6 is 0 Å². The van der Waals surface area contributed by atoms with Crippen LogP contribution in [0.3, 0.4) is 0 Å². The standard InChI is InChI=1S/2C16H28O4.Zn/c2*1-2-3-4-5-6-7-8-9-10-11-14-20-16(19)13-12-15(17)18;/h2*12-13H,2-11,14H2,1H3,(H,17,18);/b2*13-12+;. The molecular formula is C32H56O8Zn. The van der Waals surface area contributed by atoms with E-state index >= 15 is 0 Å². The quantitative estimate of drug-likeness (QED) is 0.0422. The van der Waals surface area contributed by atoms with Crippen LogP contribution in [0.5, 0.6) is 0 Å². The summed E-state index contributed by atoms with van der Waals surface area (Å²) in [5.74, 6) is -3.44. The Labute approximate surface area is 261 Å². The molecular weight excluding hydrogens is 578 g/mol. The minimum Gasteiger partial charge on any atom is -0.478 e. The summed E-state index contributed by atoms with van der Waals surface area (Å²) in [6.07, 6.45) is 28.1. The van der Waals surface area contributed by atoms with Crippen molar-refractivity contribution in [3.05, 3.63) is 24.3 Å². The summed E-state index contributed by atoms with van der Waals surface area (Å²) < 4.78 is 9.75. The van der Waals surface area contributed by atoms with E-state index < -0.39 is 23.9 Å². The molecule has 0 rings (SSSR count). The van der Waals surface area contributed by atoms with Gasteiger partial charge >= 0.3 is 23.9 Å². The smallest absolute Gasteiger partial charge is 0.331 e. The van der Waals surface area contributed by atoms with Gasteiger partial charge in [0.2, 0.25) is 0 Å². The first-order valence-corrected chi connectivity index (χ1v) is 15.5. The maximum absolute atomic E-state index is 11.0. The minimum atomic E-state index is -1.14. The predicted octanol–water partition coefficient (Wildman–Crippen LogP) is 8.18. The molecule has 0 saturated heterocycles. The van der Waals surface area contributed by atoms with Crippen molar-refractivity contribution in [3.8, 4) is 0 Å². The zero-order valence-electron chi connectivity index (χ0n) is 25.9. The number of hydrogen-bond donors (Lipinski definition) is 2. The second-order valence-corrected chi connectivity index (χ2v) is 10.0. The molecule has 0 aromatic heterocycles. The normalized spacial score (nSPS) is 10.6. The molecule has 2 N–H and O–H groups in total. The number of carbonyl (C=O) groups is 4. The number of aliphatic carboxylic acids is 2. The molecule has 0 unspecified atom stereocenters. The van der Waals surface area contributed by atoms with Gasteiger partial charge in [-0.05, 0) is 12.8 Å². The molecule has 0 amide bonds. The second-order valence-electron chi connectivity index (χ2n) is 10.0. The van der Waals surface area contributed by atoms with Gasteiger partial charge in [-0.25, -0.2) is 19.2 Å². The van der Waals surface area contributed by atoms with Crippen LogP contribution in [0, 0.1) is 0 Å². The number of carbonyl (C=O) groups excluding carboxylic acids is 2. The van der Waals surface area contributed by atoms with Crippen molar-refractivity contribution >= 4 is 23.9 Å². The van der Waals surface area contributed by atoms with Gasteiger partial charge in [0, 0.05) is 43.8 Å². The van der Waals surface area contributed by atoms with Gasteiger partial charge in [-0.3, -0.25) is 0 Å². The van der Waals surface area contributed by atoms with Crippen molar-refractivity contribution in [1.82, 2.24) is 0 Å². The molecule has 0 aliphatic heterocycles. The van der Waals surface area contributed by atoms with Gasteiger partial charge in [0.1, 0.15) is 0 Å². The third-order valence-electron chi connectivity index (χ3n) is 6.21. The molecule has 8 nitrogen and oxygen atoms in total. The van der Waals surface area contributed by atoms with Crippen LogP contribution in [-0.2, 0) is 48.1 Å². The van der Waals surface area contributed by atoms with E-state index in [9.17, 15) is 19.2 Å². The number of unbranched alkanes of at least 4 members (excludes halogenated alkanes) is 18. The number of hydrogen-bond acceptors (Lipinski definition) is 6. The van der Waals surface area contributed by atoms with Crippen molar-refractivity contribution < 1.29 is 58.3 Å². The molecule has 0 aliphatic rings. The van der Waals surface area contributed by atoms with Crippen molar-refractivity contribution in [2.45, 2.75) is 142 Å². The van der Waals surface area contributed by atoms with E-state index in [4.69, 9.17) is 19.7 Å². The summed E-state index contributed by atoms with van der Waals surface area (Å²) in [6.45, 7) is 5.20. The van der Waals surface area contributed by atoms with Gasteiger partial charge < -0.3 is 19.7 Å².